The summed E-state index contributed by atoms with van der Waals surface area (Å²) in [6.45, 7) is 0.720. The number of aliphatic carboxylic acids is 1. The van der Waals surface area contributed by atoms with E-state index in [-0.39, 0.29) is 17.9 Å². The zero-order chi connectivity index (χ0) is 16.7. The number of methoxy groups -OCH3 is 1. The summed E-state index contributed by atoms with van der Waals surface area (Å²) in [6.07, 6.45) is 3.88. The Hall–Kier alpha value is -1.88. The van der Waals surface area contributed by atoms with Crippen molar-refractivity contribution in [3.05, 3.63) is 35.9 Å². The van der Waals surface area contributed by atoms with E-state index in [1.165, 1.54) is 0 Å². The average Bonchev–Trinajstić information content (AvgIpc) is 2.51. The Labute approximate surface area is 137 Å². The summed E-state index contributed by atoms with van der Waals surface area (Å²) in [5.41, 5.74) is 0.609. The summed E-state index contributed by atoms with van der Waals surface area (Å²) >= 11 is 0. The maximum atomic E-state index is 12.5. The Bertz CT molecular complexity index is 525. The summed E-state index contributed by atoms with van der Waals surface area (Å²) < 4.78 is 5.09. The first-order valence-electron chi connectivity index (χ1n) is 8.11. The SMILES string of the molecule is COCCC1(C(=O)NCC(Cc2ccccc2)C(=O)O)CCC1. The number of carbonyl (C=O) groups excluding carboxylic acids is 1. The molecule has 23 heavy (non-hydrogen) atoms. The van der Waals surface area contributed by atoms with Gasteiger partial charge in [-0.3, -0.25) is 9.59 Å². The van der Waals surface area contributed by atoms with Gasteiger partial charge in [0.25, 0.3) is 0 Å². The highest BCUT2D eigenvalue weighted by Crippen LogP contribution is 2.44. The Morgan fingerprint density at radius 2 is 2.00 bits per heavy atom. The number of carbonyl (C=O) groups is 2. The third-order valence-corrected chi connectivity index (χ3v) is 4.76. The largest absolute Gasteiger partial charge is 0.481 e. The smallest absolute Gasteiger partial charge is 0.308 e. The fourth-order valence-electron chi connectivity index (χ4n) is 3.04. The molecule has 1 unspecified atom stereocenters. The summed E-state index contributed by atoms with van der Waals surface area (Å²) in [4.78, 5) is 23.9. The lowest BCUT2D eigenvalue weighted by atomic mass is 9.66. The molecule has 1 aliphatic rings. The predicted molar refractivity (Wildman–Crippen MR) is 87.1 cm³/mol. The van der Waals surface area contributed by atoms with Crippen molar-refractivity contribution in [3.8, 4) is 0 Å². The second kappa shape index (κ2) is 8.11. The molecule has 1 saturated carbocycles. The van der Waals surface area contributed by atoms with Gasteiger partial charge in [0.15, 0.2) is 0 Å². The monoisotopic (exact) mass is 319 g/mol. The molecule has 0 saturated heterocycles. The molecule has 1 amide bonds. The van der Waals surface area contributed by atoms with Crippen molar-refractivity contribution in [2.24, 2.45) is 11.3 Å². The van der Waals surface area contributed by atoms with Crippen molar-refractivity contribution >= 4 is 11.9 Å². The number of nitrogens with one attached hydrogen (secondary N) is 1. The minimum Gasteiger partial charge on any atom is -0.481 e. The summed E-state index contributed by atoms with van der Waals surface area (Å²) in [5, 5.41) is 12.3. The number of ether oxygens (including phenoxy) is 1. The number of hydrogen-bond donors (Lipinski definition) is 2. The Morgan fingerprint density at radius 3 is 2.52 bits per heavy atom. The number of amides is 1. The highest BCUT2D eigenvalue weighted by Gasteiger charge is 2.43. The molecule has 2 N–H and O–H groups in total. The molecule has 5 heteroatoms. The molecule has 126 valence electrons. The van der Waals surface area contributed by atoms with Crippen LogP contribution in [0.5, 0.6) is 0 Å². The van der Waals surface area contributed by atoms with Crippen LogP contribution in [-0.4, -0.2) is 37.2 Å². The first-order chi connectivity index (χ1) is 11.1. The van der Waals surface area contributed by atoms with Crippen molar-refractivity contribution in [1.29, 1.82) is 0 Å². The third-order valence-electron chi connectivity index (χ3n) is 4.76. The van der Waals surface area contributed by atoms with Crippen molar-refractivity contribution < 1.29 is 19.4 Å². The van der Waals surface area contributed by atoms with Gasteiger partial charge in [-0.25, -0.2) is 0 Å². The van der Waals surface area contributed by atoms with E-state index < -0.39 is 11.9 Å². The van der Waals surface area contributed by atoms with Crippen LogP contribution in [0.25, 0.3) is 0 Å². The molecule has 0 spiro atoms. The molecular weight excluding hydrogens is 294 g/mol. The second-order valence-corrected chi connectivity index (χ2v) is 6.31. The van der Waals surface area contributed by atoms with Gasteiger partial charge in [-0.15, -0.1) is 0 Å². The molecule has 1 aromatic carbocycles. The van der Waals surface area contributed by atoms with E-state index >= 15 is 0 Å². The molecule has 5 nitrogen and oxygen atoms in total. The van der Waals surface area contributed by atoms with E-state index in [9.17, 15) is 14.7 Å². The molecule has 1 fully saturated rings. The highest BCUT2D eigenvalue weighted by atomic mass is 16.5. The van der Waals surface area contributed by atoms with Crippen LogP contribution in [0, 0.1) is 11.3 Å². The molecule has 0 bridgehead atoms. The molecule has 0 heterocycles. The van der Waals surface area contributed by atoms with Gasteiger partial charge in [-0.1, -0.05) is 36.8 Å². The van der Waals surface area contributed by atoms with Crippen LogP contribution in [0.4, 0.5) is 0 Å². The summed E-state index contributed by atoms with van der Waals surface area (Å²) in [6, 6.07) is 9.49. The topological polar surface area (TPSA) is 75.6 Å². The van der Waals surface area contributed by atoms with Crippen LogP contribution in [0.1, 0.15) is 31.2 Å². The van der Waals surface area contributed by atoms with Gasteiger partial charge in [0.2, 0.25) is 5.91 Å². The predicted octanol–water partition coefficient (Wildman–Crippen LogP) is 2.25. The van der Waals surface area contributed by atoms with Gasteiger partial charge in [-0.05, 0) is 31.2 Å². The molecule has 1 aliphatic carbocycles. The lowest BCUT2D eigenvalue weighted by Crippen LogP contribution is -2.48. The first-order valence-corrected chi connectivity index (χ1v) is 8.11. The quantitative estimate of drug-likeness (QED) is 0.732. The van der Waals surface area contributed by atoms with E-state index in [1.54, 1.807) is 7.11 Å². The first kappa shape index (κ1) is 17.5. The minimum atomic E-state index is -0.881. The lowest BCUT2D eigenvalue weighted by molar-refractivity contribution is -0.142. The lowest BCUT2D eigenvalue weighted by Gasteiger charge is -2.40. The Kier molecular flexibility index (Phi) is 6.16. The number of hydrogen-bond acceptors (Lipinski definition) is 3. The van der Waals surface area contributed by atoms with Crippen molar-refractivity contribution in [2.75, 3.05) is 20.3 Å². The molecule has 2 rings (SSSR count). The van der Waals surface area contributed by atoms with Gasteiger partial charge in [0.1, 0.15) is 0 Å². The van der Waals surface area contributed by atoms with Gasteiger partial charge >= 0.3 is 5.97 Å². The van der Waals surface area contributed by atoms with Gasteiger partial charge in [0, 0.05) is 20.3 Å². The number of carboxylic acid groups (broad SMARTS) is 1. The molecule has 0 aliphatic heterocycles. The molecule has 1 aromatic rings. The standard InChI is InChI=1S/C18H25NO4/c1-23-11-10-18(8-5-9-18)17(22)19-13-15(16(20)21)12-14-6-3-2-4-7-14/h2-4,6-7,15H,5,8-13H2,1H3,(H,19,22)(H,20,21). The van der Waals surface area contributed by atoms with Crippen LogP contribution in [0.15, 0.2) is 30.3 Å². The van der Waals surface area contributed by atoms with Crippen LogP contribution >= 0.6 is 0 Å². The zero-order valence-corrected chi connectivity index (χ0v) is 13.6. The van der Waals surface area contributed by atoms with Gasteiger partial charge < -0.3 is 15.2 Å². The number of carboxylic acids is 1. The normalized spacial score (nSPS) is 17.1. The zero-order valence-electron chi connectivity index (χ0n) is 13.6. The summed E-state index contributed by atoms with van der Waals surface area (Å²) in [5.74, 6) is -1.52. The van der Waals surface area contributed by atoms with E-state index in [4.69, 9.17) is 4.74 Å². The maximum Gasteiger partial charge on any atom is 0.308 e. The van der Waals surface area contributed by atoms with Crippen molar-refractivity contribution in [3.63, 3.8) is 0 Å². The second-order valence-electron chi connectivity index (χ2n) is 6.31. The molecule has 0 aromatic heterocycles. The van der Waals surface area contributed by atoms with Crippen LogP contribution < -0.4 is 5.32 Å². The molecule has 1 atom stereocenters. The van der Waals surface area contributed by atoms with E-state index in [1.807, 2.05) is 30.3 Å². The van der Waals surface area contributed by atoms with Crippen LogP contribution in [0.2, 0.25) is 0 Å². The summed E-state index contributed by atoms with van der Waals surface area (Å²) in [7, 11) is 1.63. The van der Waals surface area contributed by atoms with Gasteiger partial charge in [0.05, 0.1) is 11.3 Å². The fraction of sp³-hybridized carbons (Fsp3) is 0.556. The van der Waals surface area contributed by atoms with Crippen molar-refractivity contribution in [2.45, 2.75) is 32.1 Å². The Morgan fingerprint density at radius 1 is 1.30 bits per heavy atom. The maximum absolute atomic E-state index is 12.5. The average molecular weight is 319 g/mol. The van der Waals surface area contributed by atoms with Crippen LogP contribution in [-0.2, 0) is 20.7 Å². The van der Waals surface area contributed by atoms with E-state index in [0.717, 1.165) is 24.8 Å². The molecular formula is C18H25NO4. The number of rotatable bonds is 9. The van der Waals surface area contributed by atoms with E-state index in [2.05, 4.69) is 5.32 Å². The van der Waals surface area contributed by atoms with Crippen molar-refractivity contribution in [1.82, 2.24) is 5.32 Å². The van der Waals surface area contributed by atoms with Gasteiger partial charge in [-0.2, -0.15) is 0 Å². The Balaban J connectivity index is 1.90. The highest BCUT2D eigenvalue weighted by molar-refractivity contribution is 5.84. The third kappa shape index (κ3) is 4.55. The fourth-order valence-corrected chi connectivity index (χ4v) is 3.04. The minimum absolute atomic E-state index is 0.0277. The van der Waals surface area contributed by atoms with E-state index in [0.29, 0.717) is 19.4 Å². The number of benzene rings is 1. The molecule has 0 radical (unpaired) electrons. The van der Waals surface area contributed by atoms with Crippen LogP contribution in [0.3, 0.4) is 0 Å².